The second kappa shape index (κ2) is 7.98. The highest BCUT2D eigenvalue weighted by Crippen LogP contribution is 2.28. The first-order chi connectivity index (χ1) is 10.2. The molecule has 1 aromatic heterocycles. The van der Waals surface area contributed by atoms with Gasteiger partial charge in [-0.1, -0.05) is 18.9 Å². The fraction of sp³-hybridized carbons (Fsp3) is 0.625. The number of aromatic nitrogens is 1. The third-order valence-corrected chi connectivity index (χ3v) is 4.34. The molecule has 1 heterocycles. The number of hydrogen-bond donors (Lipinski definition) is 2. The van der Waals surface area contributed by atoms with E-state index in [9.17, 15) is 14.7 Å². The number of aliphatic hydroxyl groups is 1. The summed E-state index contributed by atoms with van der Waals surface area (Å²) in [6.45, 7) is 1.24. The molecule has 0 spiro atoms. The first-order valence-corrected chi connectivity index (χ1v) is 7.73. The van der Waals surface area contributed by atoms with Crippen molar-refractivity contribution in [1.82, 2.24) is 9.88 Å². The topological polar surface area (TPSA) is 71.3 Å². The van der Waals surface area contributed by atoms with Crippen molar-refractivity contribution in [3.8, 4) is 0 Å². The molecule has 1 saturated carbocycles. The van der Waals surface area contributed by atoms with Crippen LogP contribution >= 0.6 is 0 Å². The standard InChI is InChI=1S/C16H24N2O3/c19-12-14-6-2-1-5-13(14)11-17-15(20)8-10-18-9-4-3-7-16(18)21/h3-4,7,9,13-14,19H,1-2,5-6,8,10-12H2,(H,17,20). The van der Waals surface area contributed by atoms with Crippen molar-refractivity contribution in [3.05, 3.63) is 34.7 Å². The molecule has 21 heavy (non-hydrogen) atoms. The summed E-state index contributed by atoms with van der Waals surface area (Å²) in [5, 5.41) is 12.3. The Kier molecular flexibility index (Phi) is 5.99. The van der Waals surface area contributed by atoms with Crippen LogP contribution in [0, 0.1) is 11.8 Å². The minimum Gasteiger partial charge on any atom is -0.396 e. The first kappa shape index (κ1) is 15.8. The summed E-state index contributed by atoms with van der Waals surface area (Å²) < 4.78 is 1.54. The van der Waals surface area contributed by atoms with E-state index in [1.807, 2.05) is 0 Å². The normalized spacial score (nSPS) is 22.0. The number of pyridine rings is 1. The van der Waals surface area contributed by atoms with E-state index in [1.165, 1.54) is 23.5 Å². The molecular formula is C16H24N2O3. The minimum atomic E-state index is -0.0853. The molecule has 1 aliphatic carbocycles. The molecule has 2 unspecified atom stereocenters. The number of aryl methyl sites for hydroxylation is 1. The molecule has 1 fully saturated rings. The maximum Gasteiger partial charge on any atom is 0.250 e. The molecule has 2 atom stereocenters. The number of nitrogens with one attached hydrogen (secondary N) is 1. The zero-order valence-electron chi connectivity index (χ0n) is 12.3. The Balaban J connectivity index is 1.74. The Hall–Kier alpha value is -1.62. The lowest BCUT2D eigenvalue weighted by Gasteiger charge is -2.30. The summed E-state index contributed by atoms with van der Waals surface area (Å²) in [5.74, 6) is 0.663. The van der Waals surface area contributed by atoms with Crippen LogP contribution in [0.5, 0.6) is 0 Å². The van der Waals surface area contributed by atoms with Crippen LogP contribution in [0.15, 0.2) is 29.2 Å². The lowest BCUT2D eigenvalue weighted by atomic mass is 9.79. The van der Waals surface area contributed by atoms with Gasteiger partial charge >= 0.3 is 0 Å². The molecule has 116 valence electrons. The van der Waals surface area contributed by atoms with Crippen molar-refractivity contribution in [2.45, 2.75) is 38.6 Å². The van der Waals surface area contributed by atoms with Crippen molar-refractivity contribution in [2.24, 2.45) is 11.8 Å². The quantitative estimate of drug-likeness (QED) is 0.826. The monoisotopic (exact) mass is 292 g/mol. The molecule has 1 amide bonds. The largest absolute Gasteiger partial charge is 0.396 e. The highest BCUT2D eigenvalue weighted by molar-refractivity contribution is 5.75. The van der Waals surface area contributed by atoms with Crippen molar-refractivity contribution >= 4 is 5.91 Å². The van der Waals surface area contributed by atoms with E-state index in [0.717, 1.165) is 12.8 Å². The maximum absolute atomic E-state index is 11.9. The third-order valence-electron chi connectivity index (χ3n) is 4.34. The lowest BCUT2D eigenvalue weighted by molar-refractivity contribution is -0.121. The van der Waals surface area contributed by atoms with Crippen LogP contribution in [0.1, 0.15) is 32.1 Å². The van der Waals surface area contributed by atoms with Gasteiger partial charge in [-0.15, -0.1) is 0 Å². The predicted octanol–water partition coefficient (Wildman–Crippen LogP) is 1.15. The molecule has 0 radical (unpaired) electrons. The van der Waals surface area contributed by atoms with Crippen LogP contribution in [-0.4, -0.2) is 28.7 Å². The summed E-state index contributed by atoms with van der Waals surface area (Å²) in [6.07, 6.45) is 6.47. The molecular weight excluding hydrogens is 268 g/mol. The second-order valence-corrected chi connectivity index (χ2v) is 5.77. The Bertz CT molecular complexity index is 512. The summed E-state index contributed by atoms with van der Waals surface area (Å²) in [5.41, 5.74) is -0.0853. The number of carbonyl (C=O) groups is 1. The van der Waals surface area contributed by atoms with Crippen molar-refractivity contribution in [1.29, 1.82) is 0 Å². The predicted molar refractivity (Wildman–Crippen MR) is 80.9 cm³/mol. The van der Waals surface area contributed by atoms with Gasteiger partial charge in [0.2, 0.25) is 5.91 Å². The molecule has 1 aliphatic rings. The number of rotatable bonds is 6. The number of amides is 1. The van der Waals surface area contributed by atoms with Crippen LogP contribution in [-0.2, 0) is 11.3 Å². The minimum absolute atomic E-state index is 0.0342. The van der Waals surface area contributed by atoms with Gasteiger partial charge in [-0.2, -0.15) is 0 Å². The van der Waals surface area contributed by atoms with Gasteiger partial charge in [0.25, 0.3) is 5.56 Å². The van der Waals surface area contributed by atoms with Crippen LogP contribution in [0.25, 0.3) is 0 Å². The van der Waals surface area contributed by atoms with Gasteiger partial charge in [-0.25, -0.2) is 0 Å². The van der Waals surface area contributed by atoms with Crippen LogP contribution in [0.3, 0.4) is 0 Å². The Labute approximate surface area is 125 Å². The van der Waals surface area contributed by atoms with Crippen molar-refractivity contribution in [3.63, 3.8) is 0 Å². The van der Waals surface area contributed by atoms with E-state index in [4.69, 9.17) is 0 Å². The number of carbonyl (C=O) groups excluding carboxylic acids is 1. The number of hydrogen-bond acceptors (Lipinski definition) is 3. The van der Waals surface area contributed by atoms with Gasteiger partial charge in [0.1, 0.15) is 0 Å². The molecule has 0 aromatic carbocycles. The van der Waals surface area contributed by atoms with E-state index in [0.29, 0.717) is 31.3 Å². The zero-order valence-corrected chi connectivity index (χ0v) is 12.3. The maximum atomic E-state index is 11.9. The lowest BCUT2D eigenvalue weighted by Crippen LogP contribution is -2.36. The number of nitrogens with zero attached hydrogens (tertiary/aromatic N) is 1. The summed E-state index contributed by atoms with van der Waals surface area (Å²) >= 11 is 0. The summed E-state index contributed by atoms with van der Waals surface area (Å²) in [7, 11) is 0. The fourth-order valence-corrected chi connectivity index (χ4v) is 2.99. The molecule has 0 saturated heterocycles. The highest BCUT2D eigenvalue weighted by atomic mass is 16.3. The highest BCUT2D eigenvalue weighted by Gasteiger charge is 2.24. The van der Waals surface area contributed by atoms with Crippen molar-refractivity contribution in [2.75, 3.05) is 13.2 Å². The van der Waals surface area contributed by atoms with Gasteiger partial charge in [0.05, 0.1) is 0 Å². The first-order valence-electron chi connectivity index (χ1n) is 7.73. The van der Waals surface area contributed by atoms with Gasteiger partial charge in [-0.3, -0.25) is 9.59 Å². The van der Waals surface area contributed by atoms with E-state index < -0.39 is 0 Å². The van der Waals surface area contributed by atoms with E-state index in [1.54, 1.807) is 18.3 Å². The SMILES string of the molecule is O=C(CCn1ccccc1=O)NCC1CCCCC1CO. The Morgan fingerprint density at radius 1 is 1.29 bits per heavy atom. The summed E-state index contributed by atoms with van der Waals surface area (Å²) in [4.78, 5) is 23.4. The van der Waals surface area contributed by atoms with Crippen LogP contribution in [0.2, 0.25) is 0 Å². The molecule has 2 rings (SSSR count). The molecule has 0 bridgehead atoms. The van der Waals surface area contributed by atoms with Crippen LogP contribution in [0.4, 0.5) is 0 Å². The van der Waals surface area contributed by atoms with E-state index in [-0.39, 0.29) is 18.1 Å². The summed E-state index contributed by atoms with van der Waals surface area (Å²) in [6, 6.07) is 4.97. The molecule has 5 nitrogen and oxygen atoms in total. The van der Waals surface area contributed by atoms with E-state index in [2.05, 4.69) is 5.32 Å². The van der Waals surface area contributed by atoms with Gasteiger partial charge in [0, 0.05) is 38.4 Å². The fourth-order valence-electron chi connectivity index (χ4n) is 2.99. The molecule has 2 N–H and O–H groups in total. The van der Waals surface area contributed by atoms with E-state index >= 15 is 0 Å². The Morgan fingerprint density at radius 2 is 2.05 bits per heavy atom. The smallest absolute Gasteiger partial charge is 0.250 e. The van der Waals surface area contributed by atoms with Crippen molar-refractivity contribution < 1.29 is 9.90 Å². The third kappa shape index (κ3) is 4.70. The molecule has 1 aromatic rings. The average molecular weight is 292 g/mol. The van der Waals surface area contributed by atoms with Gasteiger partial charge < -0.3 is 15.0 Å². The molecule has 5 heteroatoms. The average Bonchev–Trinajstić information content (AvgIpc) is 2.52. The Morgan fingerprint density at radius 3 is 2.76 bits per heavy atom. The van der Waals surface area contributed by atoms with Crippen LogP contribution < -0.4 is 10.9 Å². The number of aliphatic hydroxyl groups excluding tert-OH is 1. The molecule has 0 aliphatic heterocycles. The van der Waals surface area contributed by atoms with Gasteiger partial charge in [-0.05, 0) is 30.7 Å². The van der Waals surface area contributed by atoms with Gasteiger partial charge in [0.15, 0.2) is 0 Å². The zero-order chi connectivity index (χ0) is 15.1. The second-order valence-electron chi connectivity index (χ2n) is 5.77.